The van der Waals surface area contributed by atoms with Gasteiger partial charge in [-0.15, -0.1) is 11.3 Å². The van der Waals surface area contributed by atoms with Crippen LogP contribution in [-0.4, -0.2) is 36.4 Å². The smallest absolute Gasteiger partial charge is 0.280 e. The van der Waals surface area contributed by atoms with E-state index in [4.69, 9.17) is 5.73 Å². The van der Waals surface area contributed by atoms with E-state index in [1.807, 2.05) is 6.92 Å². The molecule has 0 saturated carbocycles. The minimum Gasteiger partial charge on any atom is -0.365 e. The summed E-state index contributed by atoms with van der Waals surface area (Å²) in [5.74, 6) is -1.30. The van der Waals surface area contributed by atoms with Crippen LogP contribution in [0, 0.1) is 13.8 Å². The van der Waals surface area contributed by atoms with Crippen LogP contribution >= 0.6 is 11.3 Å². The van der Waals surface area contributed by atoms with Crippen molar-refractivity contribution in [3.05, 3.63) is 46.0 Å². The lowest BCUT2D eigenvalue weighted by molar-refractivity contribution is 0.100. The number of nitrogens with one attached hydrogen (secondary N) is 1. The van der Waals surface area contributed by atoms with E-state index in [2.05, 4.69) is 20.5 Å². The first-order valence-corrected chi connectivity index (χ1v) is 10.8. The maximum atomic E-state index is 13.6. The molecular formula is C21H21F2N7O2S. The largest absolute Gasteiger partial charge is 0.365 e. The minimum atomic E-state index is -2.83. The molecule has 0 saturated heterocycles. The lowest BCUT2D eigenvalue weighted by Crippen LogP contribution is -2.17. The number of fused-ring (bicyclic) bond motifs is 1. The molecule has 9 nitrogen and oxygen atoms in total. The molecule has 12 heteroatoms. The van der Waals surface area contributed by atoms with Gasteiger partial charge in [0.2, 0.25) is 0 Å². The number of anilines is 1. The first-order chi connectivity index (χ1) is 15.6. The van der Waals surface area contributed by atoms with Gasteiger partial charge in [-0.05, 0) is 32.4 Å². The Labute approximate surface area is 191 Å². The van der Waals surface area contributed by atoms with Gasteiger partial charge >= 0.3 is 0 Å². The number of aromatic nitrogens is 5. The third-order valence-electron chi connectivity index (χ3n) is 5.41. The van der Waals surface area contributed by atoms with Gasteiger partial charge in [-0.3, -0.25) is 19.0 Å². The van der Waals surface area contributed by atoms with Gasteiger partial charge in [-0.2, -0.15) is 10.2 Å². The van der Waals surface area contributed by atoms with Gasteiger partial charge in [0.15, 0.2) is 0 Å². The average Bonchev–Trinajstić information content (AvgIpc) is 3.43. The predicted molar refractivity (Wildman–Crippen MR) is 121 cm³/mol. The van der Waals surface area contributed by atoms with Crippen LogP contribution in [0.3, 0.4) is 0 Å². The average molecular weight is 474 g/mol. The summed E-state index contributed by atoms with van der Waals surface area (Å²) in [6.45, 7) is 5.95. The molecule has 0 fully saturated rings. The summed E-state index contributed by atoms with van der Waals surface area (Å²) < 4.78 is 30.5. The van der Waals surface area contributed by atoms with E-state index in [0.717, 1.165) is 11.3 Å². The Hall–Kier alpha value is -3.67. The van der Waals surface area contributed by atoms with Crippen molar-refractivity contribution in [3.8, 4) is 11.1 Å². The van der Waals surface area contributed by atoms with Crippen LogP contribution in [0.15, 0.2) is 18.5 Å². The molecule has 0 aliphatic carbocycles. The van der Waals surface area contributed by atoms with Gasteiger partial charge in [-0.25, -0.2) is 13.8 Å². The molecular weight excluding hydrogens is 452 g/mol. The molecule has 0 atom stereocenters. The Balaban J connectivity index is 1.97. The van der Waals surface area contributed by atoms with Crippen molar-refractivity contribution < 1.29 is 18.4 Å². The highest BCUT2D eigenvalue weighted by molar-refractivity contribution is 7.21. The number of carbonyl (C=O) groups excluding carboxylic acids is 2. The maximum absolute atomic E-state index is 13.6. The second-order valence-electron chi connectivity index (χ2n) is 7.45. The fraction of sp³-hybridized carbons (Fsp3) is 0.286. The first kappa shape index (κ1) is 22.5. The molecule has 0 aliphatic rings. The van der Waals surface area contributed by atoms with E-state index in [9.17, 15) is 18.4 Å². The molecule has 4 rings (SSSR count). The van der Waals surface area contributed by atoms with Crippen molar-refractivity contribution in [2.24, 2.45) is 12.8 Å². The van der Waals surface area contributed by atoms with E-state index >= 15 is 0 Å². The standard InChI is InChI=1S/C21H21F2N7O2S/c1-5-30-8-13(9(2)28-30)20(32)27-16-15-11(12-7-25-29(4)10(12)3)6-14(18(22)23)26-21(15)33-17(16)19(24)31/h6-8,18H,5H2,1-4H3,(H2,24,31)(H,27,32). The third kappa shape index (κ3) is 3.86. The Kier molecular flexibility index (Phi) is 5.70. The quantitative estimate of drug-likeness (QED) is 0.441. The number of nitrogens with zero attached hydrogens (tertiary/aromatic N) is 5. The number of thiophene rings is 1. The lowest BCUT2D eigenvalue weighted by Gasteiger charge is -2.10. The summed E-state index contributed by atoms with van der Waals surface area (Å²) in [5.41, 5.74) is 7.76. The zero-order chi connectivity index (χ0) is 24.0. The minimum absolute atomic E-state index is 0.0144. The van der Waals surface area contributed by atoms with Gasteiger partial charge in [0.05, 0.1) is 23.1 Å². The summed E-state index contributed by atoms with van der Waals surface area (Å²) in [6, 6.07) is 1.25. The Morgan fingerprint density at radius 1 is 1.27 bits per heavy atom. The summed E-state index contributed by atoms with van der Waals surface area (Å²) in [7, 11) is 1.73. The van der Waals surface area contributed by atoms with E-state index < -0.39 is 23.9 Å². The number of alkyl halides is 2. The molecule has 172 valence electrons. The van der Waals surface area contributed by atoms with E-state index in [1.54, 1.807) is 42.7 Å². The lowest BCUT2D eigenvalue weighted by atomic mass is 10.0. The van der Waals surface area contributed by atoms with Gasteiger partial charge < -0.3 is 11.1 Å². The number of carbonyl (C=O) groups is 2. The molecule has 4 heterocycles. The normalized spacial score (nSPS) is 11.5. The number of amides is 2. The molecule has 33 heavy (non-hydrogen) atoms. The fourth-order valence-electron chi connectivity index (χ4n) is 3.58. The topological polar surface area (TPSA) is 121 Å². The third-order valence-corrected chi connectivity index (χ3v) is 6.51. The van der Waals surface area contributed by atoms with Gasteiger partial charge in [0.25, 0.3) is 18.2 Å². The number of hydrogen-bond acceptors (Lipinski definition) is 6. The summed E-state index contributed by atoms with van der Waals surface area (Å²) >= 11 is 0.854. The highest BCUT2D eigenvalue weighted by Gasteiger charge is 2.27. The van der Waals surface area contributed by atoms with Crippen LogP contribution in [0.2, 0.25) is 0 Å². The van der Waals surface area contributed by atoms with Crippen LogP contribution in [-0.2, 0) is 13.6 Å². The molecule has 0 aliphatic heterocycles. The predicted octanol–water partition coefficient (Wildman–Crippen LogP) is 3.82. The zero-order valence-electron chi connectivity index (χ0n) is 18.3. The number of primary amides is 1. The fourth-order valence-corrected chi connectivity index (χ4v) is 4.60. The highest BCUT2D eigenvalue weighted by Crippen LogP contribution is 2.43. The van der Waals surface area contributed by atoms with Crippen LogP contribution in [0.5, 0.6) is 0 Å². The van der Waals surface area contributed by atoms with Crippen LogP contribution in [0.4, 0.5) is 14.5 Å². The van der Waals surface area contributed by atoms with Crippen LogP contribution in [0.25, 0.3) is 21.3 Å². The van der Waals surface area contributed by atoms with Gasteiger partial charge in [-0.1, -0.05) is 0 Å². The second kappa shape index (κ2) is 8.35. The monoisotopic (exact) mass is 473 g/mol. The Morgan fingerprint density at radius 2 is 2.00 bits per heavy atom. The van der Waals surface area contributed by atoms with Crippen LogP contribution < -0.4 is 11.1 Å². The van der Waals surface area contributed by atoms with Crippen molar-refractivity contribution in [2.75, 3.05) is 5.32 Å². The van der Waals surface area contributed by atoms with Crippen molar-refractivity contribution >= 4 is 39.1 Å². The highest BCUT2D eigenvalue weighted by atomic mass is 32.1. The molecule has 0 aromatic carbocycles. The molecule has 3 N–H and O–H groups in total. The van der Waals surface area contributed by atoms with Crippen molar-refractivity contribution in [2.45, 2.75) is 33.7 Å². The van der Waals surface area contributed by atoms with E-state index in [-0.39, 0.29) is 15.4 Å². The Bertz CT molecular complexity index is 1400. The number of nitrogens with two attached hydrogens (primary N) is 1. The Morgan fingerprint density at radius 3 is 2.55 bits per heavy atom. The van der Waals surface area contributed by atoms with Crippen molar-refractivity contribution in [1.82, 2.24) is 24.5 Å². The molecule has 0 unspecified atom stereocenters. The number of hydrogen-bond donors (Lipinski definition) is 2. The summed E-state index contributed by atoms with van der Waals surface area (Å²) in [6.07, 6.45) is 0.314. The molecule has 0 bridgehead atoms. The molecule has 0 spiro atoms. The number of pyridine rings is 1. The molecule has 4 aromatic rings. The van der Waals surface area contributed by atoms with Crippen molar-refractivity contribution in [3.63, 3.8) is 0 Å². The number of halogens is 2. The number of rotatable bonds is 6. The van der Waals surface area contributed by atoms with Gasteiger partial charge in [0, 0.05) is 36.4 Å². The maximum Gasteiger partial charge on any atom is 0.280 e. The van der Waals surface area contributed by atoms with Crippen LogP contribution in [0.1, 0.15) is 50.5 Å². The number of aryl methyl sites for hydroxylation is 3. The molecule has 4 aromatic heterocycles. The van der Waals surface area contributed by atoms with Crippen molar-refractivity contribution in [1.29, 1.82) is 0 Å². The summed E-state index contributed by atoms with van der Waals surface area (Å²) in [5, 5.41) is 11.6. The van der Waals surface area contributed by atoms with E-state index in [0.29, 0.717) is 40.0 Å². The van der Waals surface area contributed by atoms with E-state index in [1.165, 1.54) is 6.07 Å². The molecule has 0 radical (unpaired) electrons. The van der Waals surface area contributed by atoms with Gasteiger partial charge in [0.1, 0.15) is 15.4 Å². The zero-order valence-corrected chi connectivity index (χ0v) is 19.1. The SMILES string of the molecule is CCn1cc(C(=O)Nc2c(C(N)=O)sc3nc(C(F)F)cc(-c4cnn(C)c4C)c23)c(C)n1. The summed E-state index contributed by atoms with van der Waals surface area (Å²) in [4.78, 5) is 29.6. The first-order valence-electron chi connectivity index (χ1n) is 10.0. The second-order valence-corrected chi connectivity index (χ2v) is 8.45. The molecule has 2 amide bonds.